The fourth-order valence-corrected chi connectivity index (χ4v) is 11.8. The van der Waals surface area contributed by atoms with E-state index < -0.39 is 54.6 Å². The van der Waals surface area contributed by atoms with Gasteiger partial charge in [0.2, 0.25) is 0 Å². The first-order valence-electron chi connectivity index (χ1n) is 19.4. The minimum atomic E-state index is -0.982. The van der Waals surface area contributed by atoms with E-state index in [0.29, 0.717) is 49.7 Å². The zero-order chi connectivity index (χ0) is 38.3. The molecule has 0 spiro atoms. The van der Waals surface area contributed by atoms with Crippen LogP contribution in [0.5, 0.6) is 0 Å². The van der Waals surface area contributed by atoms with Crippen molar-refractivity contribution >= 4 is 23.9 Å². The van der Waals surface area contributed by atoms with Gasteiger partial charge in [0.25, 0.3) is 0 Å². The van der Waals surface area contributed by atoms with Crippen LogP contribution in [0.1, 0.15) is 127 Å². The van der Waals surface area contributed by atoms with Crippen molar-refractivity contribution in [2.75, 3.05) is 6.61 Å². The standard InChI is InChI=1S/C41H62O11/c1-22(2)11-10-12-27(38(46)47)36-29-19-30(45)37-39(7)17-16-31(51-35-14-13-32(49-25(5)43)34(52-35)21-48-24(4)42)23(3)28(39)15-18-40(37,8)41(29,9)20-33(36)50-26(6)44/h11,23,28-35,37,45H,10,12-21H2,1-9H3,(H,46,47)/b36-27+/t23-,28-,29-,30?,31+,32-,33-,34+,35?,37?,39-,40-,41-/m0/s1. The maximum Gasteiger partial charge on any atom is 0.331 e. The third-order valence-corrected chi connectivity index (χ3v) is 14.1. The molecule has 0 radical (unpaired) electrons. The van der Waals surface area contributed by atoms with Gasteiger partial charge >= 0.3 is 23.9 Å². The van der Waals surface area contributed by atoms with Crippen molar-refractivity contribution in [1.82, 2.24) is 0 Å². The summed E-state index contributed by atoms with van der Waals surface area (Å²) in [5.74, 6) is -2.07. The SMILES string of the molecule is CC(=O)OC[C@H]1OC(O[C@@H]2CC[C@]3(C)C4C(O)C[C@H]5/C(=C(/CCC=C(C)C)C(=O)O)[C@@H](OC(C)=O)C[C@]5(C)[C@@]4(C)CC[C@H]3[C@@H]2C)CC[C@@H]1OC(C)=O. The Bertz CT molecular complexity index is 1450. The van der Waals surface area contributed by atoms with Crippen LogP contribution in [-0.2, 0) is 42.9 Å². The molecule has 2 N–H and O–H groups in total. The van der Waals surface area contributed by atoms with Gasteiger partial charge in [0.05, 0.1) is 12.2 Å². The fraction of sp³-hybridized carbons (Fsp3) is 0.805. The van der Waals surface area contributed by atoms with E-state index in [4.69, 9.17) is 23.7 Å². The van der Waals surface area contributed by atoms with E-state index in [1.54, 1.807) is 0 Å². The van der Waals surface area contributed by atoms with E-state index >= 15 is 0 Å². The molecule has 4 saturated carbocycles. The summed E-state index contributed by atoms with van der Waals surface area (Å²) in [6, 6.07) is 0. The molecule has 1 saturated heterocycles. The number of allylic oxidation sites excluding steroid dienone is 2. The number of aliphatic hydroxyl groups excluding tert-OH is 1. The molecule has 5 rings (SSSR count). The molecule has 13 atom stereocenters. The normalized spacial score (nSPS) is 42.1. The van der Waals surface area contributed by atoms with Crippen molar-refractivity contribution in [2.24, 2.45) is 39.9 Å². The lowest BCUT2D eigenvalue weighted by molar-refractivity contribution is -0.278. The van der Waals surface area contributed by atoms with Crippen LogP contribution < -0.4 is 0 Å². The van der Waals surface area contributed by atoms with Crippen LogP contribution in [0.3, 0.4) is 0 Å². The van der Waals surface area contributed by atoms with Gasteiger partial charge in [0.15, 0.2) is 6.29 Å². The number of esters is 3. The van der Waals surface area contributed by atoms with Crippen LogP contribution in [0.25, 0.3) is 0 Å². The van der Waals surface area contributed by atoms with Gasteiger partial charge in [-0.1, -0.05) is 39.3 Å². The average molecular weight is 731 g/mol. The number of carboxylic acids is 1. The van der Waals surface area contributed by atoms with Crippen molar-refractivity contribution in [3.8, 4) is 0 Å². The van der Waals surface area contributed by atoms with E-state index in [1.807, 2.05) is 19.9 Å². The predicted molar refractivity (Wildman–Crippen MR) is 191 cm³/mol. The number of carboxylic acid groups (broad SMARTS) is 1. The third-order valence-electron chi connectivity index (χ3n) is 14.1. The summed E-state index contributed by atoms with van der Waals surface area (Å²) < 4.78 is 29.6. The highest BCUT2D eigenvalue weighted by molar-refractivity contribution is 5.88. The first kappa shape index (κ1) is 40.4. The Labute approximate surface area is 309 Å². The minimum absolute atomic E-state index is 0.0232. The summed E-state index contributed by atoms with van der Waals surface area (Å²) in [5.41, 5.74) is 1.21. The maximum atomic E-state index is 12.9. The number of hydrogen-bond donors (Lipinski definition) is 2. The molecule has 292 valence electrons. The Balaban J connectivity index is 1.39. The lowest BCUT2D eigenvalue weighted by Crippen LogP contribution is -2.65. The summed E-state index contributed by atoms with van der Waals surface area (Å²) in [6.07, 6.45) is 5.40. The molecule has 3 unspecified atom stereocenters. The van der Waals surface area contributed by atoms with Gasteiger partial charge in [-0.2, -0.15) is 0 Å². The van der Waals surface area contributed by atoms with E-state index in [1.165, 1.54) is 20.8 Å². The monoisotopic (exact) mass is 730 g/mol. The fourth-order valence-electron chi connectivity index (χ4n) is 11.8. The molecular weight excluding hydrogens is 668 g/mol. The van der Waals surface area contributed by atoms with Crippen LogP contribution in [-0.4, -0.2) is 77.5 Å². The first-order valence-corrected chi connectivity index (χ1v) is 19.4. The van der Waals surface area contributed by atoms with Crippen LogP contribution in [0.4, 0.5) is 0 Å². The van der Waals surface area contributed by atoms with Crippen LogP contribution in [0, 0.1) is 39.9 Å². The highest BCUT2D eigenvalue weighted by atomic mass is 16.7. The number of fused-ring (bicyclic) bond motifs is 5. The molecule has 4 aliphatic carbocycles. The van der Waals surface area contributed by atoms with Gasteiger partial charge in [-0.05, 0) is 117 Å². The van der Waals surface area contributed by atoms with E-state index in [2.05, 4.69) is 27.7 Å². The molecule has 11 nitrogen and oxygen atoms in total. The van der Waals surface area contributed by atoms with Crippen molar-refractivity contribution in [3.05, 3.63) is 22.8 Å². The highest BCUT2D eigenvalue weighted by Gasteiger charge is 2.71. The van der Waals surface area contributed by atoms with E-state index in [9.17, 15) is 29.4 Å². The van der Waals surface area contributed by atoms with Crippen LogP contribution in [0.2, 0.25) is 0 Å². The number of aliphatic carboxylic acids is 1. The molecule has 5 aliphatic rings. The Morgan fingerprint density at radius 1 is 0.885 bits per heavy atom. The smallest absolute Gasteiger partial charge is 0.331 e. The zero-order valence-corrected chi connectivity index (χ0v) is 32.7. The number of rotatable bonds is 10. The van der Waals surface area contributed by atoms with Gasteiger partial charge in [0.1, 0.15) is 24.9 Å². The van der Waals surface area contributed by atoms with Crippen molar-refractivity contribution < 1.29 is 53.1 Å². The van der Waals surface area contributed by atoms with Crippen molar-refractivity contribution in [1.29, 1.82) is 0 Å². The molecule has 5 fully saturated rings. The molecule has 0 aromatic carbocycles. The molecule has 0 amide bonds. The first-order chi connectivity index (χ1) is 24.3. The maximum absolute atomic E-state index is 12.9. The van der Waals surface area contributed by atoms with Crippen molar-refractivity contribution in [2.45, 2.75) is 163 Å². The molecule has 0 aromatic heterocycles. The largest absolute Gasteiger partial charge is 0.478 e. The number of hydrogen-bond acceptors (Lipinski definition) is 10. The lowest BCUT2D eigenvalue weighted by atomic mass is 9.36. The zero-order valence-electron chi connectivity index (χ0n) is 32.7. The molecule has 52 heavy (non-hydrogen) atoms. The highest BCUT2D eigenvalue weighted by Crippen LogP contribution is 2.74. The number of carbonyl (C=O) groups excluding carboxylic acids is 3. The summed E-state index contributed by atoms with van der Waals surface area (Å²) in [5, 5.41) is 22.8. The second kappa shape index (κ2) is 15.5. The Morgan fingerprint density at radius 3 is 2.19 bits per heavy atom. The van der Waals surface area contributed by atoms with Gasteiger partial charge in [-0.25, -0.2) is 4.79 Å². The molecule has 0 aromatic rings. The van der Waals surface area contributed by atoms with Gasteiger partial charge in [-0.3, -0.25) is 14.4 Å². The number of carbonyl (C=O) groups is 4. The molecule has 1 heterocycles. The molecule has 11 heteroatoms. The average Bonchev–Trinajstić information content (AvgIpc) is 3.30. The second-order valence-electron chi connectivity index (χ2n) is 17.4. The topological polar surface area (TPSA) is 155 Å². The molecular formula is C41H62O11. The predicted octanol–water partition coefficient (Wildman–Crippen LogP) is 6.69. The summed E-state index contributed by atoms with van der Waals surface area (Å²) in [7, 11) is 0. The van der Waals surface area contributed by atoms with Gasteiger partial charge in [0, 0.05) is 32.8 Å². The Hall–Kier alpha value is -2.76. The quantitative estimate of drug-likeness (QED) is 0.0812. The second-order valence-corrected chi connectivity index (χ2v) is 17.4. The van der Waals surface area contributed by atoms with Gasteiger partial charge < -0.3 is 33.9 Å². The Kier molecular flexibility index (Phi) is 12.1. The van der Waals surface area contributed by atoms with Crippen LogP contribution in [0.15, 0.2) is 22.8 Å². The number of aliphatic hydroxyl groups is 1. The van der Waals surface area contributed by atoms with E-state index in [0.717, 1.165) is 31.3 Å². The number of ether oxygens (including phenoxy) is 5. The molecule has 1 aliphatic heterocycles. The summed E-state index contributed by atoms with van der Waals surface area (Å²) in [6.45, 7) is 17.2. The molecule has 0 bridgehead atoms. The summed E-state index contributed by atoms with van der Waals surface area (Å²) >= 11 is 0. The van der Waals surface area contributed by atoms with Crippen LogP contribution >= 0.6 is 0 Å². The Morgan fingerprint density at radius 2 is 1.58 bits per heavy atom. The third kappa shape index (κ3) is 7.61. The lowest BCUT2D eigenvalue weighted by Gasteiger charge is -2.69. The van der Waals surface area contributed by atoms with Gasteiger partial charge in [-0.15, -0.1) is 0 Å². The van der Waals surface area contributed by atoms with Crippen molar-refractivity contribution in [3.63, 3.8) is 0 Å². The summed E-state index contributed by atoms with van der Waals surface area (Å²) in [4.78, 5) is 48.6. The van der Waals surface area contributed by atoms with E-state index in [-0.39, 0.29) is 52.6 Å². The minimum Gasteiger partial charge on any atom is -0.478 e.